The fourth-order valence-electron chi connectivity index (χ4n) is 4.61. The first-order valence-electron chi connectivity index (χ1n) is 11.8. The van der Waals surface area contributed by atoms with Gasteiger partial charge in [0.15, 0.2) is 0 Å². The van der Waals surface area contributed by atoms with Crippen LogP contribution in [0.2, 0.25) is 5.02 Å². The van der Waals surface area contributed by atoms with E-state index in [1.165, 1.54) is 0 Å². The van der Waals surface area contributed by atoms with Gasteiger partial charge in [0.05, 0.1) is 17.6 Å². The first kappa shape index (κ1) is 23.5. The molecule has 2 aromatic carbocycles. The third-order valence-corrected chi connectivity index (χ3v) is 6.56. The molecule has 1 aliphatic heterocycles. The summed E-state index contributed by atoms with van der Waals surface area (Å²) in [5, 5.41) is 10.1. The summed E-state index contributed by atoms with van der Waals surface area (Å²) in [4.78, 5) is 27.4. The van der Waals surface area contributed by atoms with Gasteiger partial charge in [-0.05, 0) is 49.6 Å². The van der Waals surface area contributed by atoms with Gasteiger partial charge in [-0.2, -0.15) is 5.10 Å². The molecule has 2 heterocycles. The molecule has 1 amide bonds. The maximum absolute atomic E-state index is 13.3. The summed E-state index contributed by atoms with van der Waals surface area (Å²) in [6.45, 7) is 4.97. The average Bonchev–Trinajstić information content (AvgIpc) is 3.25. The van der Waals surface area contributed by atoms with E-state index in [2.05, 4.69) is 10.2 Å². The molecule has 7 heteroatoms. The average molecular weight is 467 g/mol. The number of benzene rings is 2. The summed E-state index contributed by atoms with van der Waals surface area (Å²) in [5.41, 5.74) is 1.95. The number of nitrogens with zero attached hydrogens (tertiary/aromatic N) is 3. The van der Waals surface area contributed by atoms with Crippen LogP contribution in [0.5, 0.6) is 0 Å². The Labute approximate surface area is 199 Å². The van der Waals surface area contributed by atoms with E-state index in [0.29, 0.717) is 36.3 Å². The first-order chi connectivity index (χ1) is 16.0. The van der Waals surface area contributed by atoms with Gasteiger partial charge in [0.2, 0.25) is 5.91 Å². The number of fused-ring (bicyclic) bond motifs is 1. The largest absolute Gasteiger partial charge is 0.355 e. The van der Waals surface area contributed by atoms with Crippen LogP contribution in [0.1, 0.15) is 43.9 Å². The van der Waals surface area contributed by atoms with Crippen molar-refractivity contribution in [3.63, 3.8) is 0 Å². The molecule has 33 heavy (non-hydrogen) atoms. The molecule has 0 aliphatic carbocycles. The molecule has 0 unspecified atom stereocenters. The molecule has 0 radical (unpaired) electrons. The molecule has 1 saturated heterocycles. The fraction of sp³-hybridized carbons (Fsp3) is 0.423. The molecular weight excluding hydrogens is 436 g/mol. The Morgan fingerprint density at radius 2 is 1.91 bits per heavy atom. The summed E-state index contributed by atoms with van der Waals surface area (Å²) in [5.74, 6) is 0.104. The normalized spacial score (nSPS) is 16.4. The minimum atomic E-state index is -0.0476. The van der Waals surface area contributed by atoms with E-state index in [9.17, 15) is 9.59 Å². The number of rotatable bonds is 9. The number of aromatic nitrogens is 2. The fourth-order valence-corrected chi connectivity index (χ4v) is 4.73. The lowest BCUT2D eigenvalue weighted by Gasteiger charge is -2.25. The quantitative estimate of drug-likeness (QED) is 0.517. The summed E-state index contributed by atoms with van der Waals surface area (Å²) < 4.78 is 1.65. The van der Waals surface area contributed by atoms with Gasteiger partial charge in [-0.15, -0.1) is 0 Å². The zero-order valence-electron chi connectivity index (χ0n) is 19.1. The smallest absolute Gasteiger partial charge is 0.274 e. The third kappa shape index (κ3) is 5.81. The Bertz CT molecular complexity index is 1160. The molecule has 1 aliphatic rings. The van der Waals surface area contributed by atoms with Gasteiger partial charge in [-0.1, -0.05) is 48.9 Å². The second-order valence-corrected chi connectivity index (χ2v) is 9.15. The van der Waals surface area contributed by atoms with Gasteiger partial charge in [-0.25, -0.2) is 4.68 Å². The minimum Gasteiger partial charge on any atom is -0.355 e. The van der Waals surface area contributed by atoms with Crippen LogP contribution in [-0.4, -0.2) is 46.3 Å². The molecule has 0 saturated carbocycles. The van der Waals surface area contributed by atoms with Crippen LogP contribution in [0.4, 0.5) is 0 Å². The highest BCUT2D eigenvalue weighted by Gasteiger charge is 2.26. The van der Waals surface area contributed by atoms with Crippen LogP contribution in [0.3, 0.4) is 0 Å². The van der Waals surface area contributed by atoms with Crippen molar-refractivity contribution in [1.82, 2.24) is 20.0 Å². The van der Waals surface area contributed by atoms with Gasteiger partial charge < -0.3 is 5.32 Å². The van der Waals surface area contributed by atoms with Crippen LogP contribution in [0, 0.1) is 0 Å². The Balaban J connectivity index is 1.54. The summed E-state index contributed by atoms with van der Waals surface area (Å²) >= 11 is 6.04. The van der Waals surface area contributed by atoms with E-state index in [0.717, 1.165) is 49.0 Å². The number of amides is 1. The van der Waals surface area contributed by atoms with E-state index in [4.69, 9.17) is 16.7 Å². The molecule has 4 rings (SSSR count). The maximum Gasteiger partial charge on any atom is 0.274 e. The molecule has 3 aromatic rings. The lowest BCUT2D eigenvalue weighted by molar-refractivity contribution is -0.121. The van der Waals surface area contributed by atoms with Crippen molar-refractivity contribution < 1.29 is 4.79 Å². The molecule has 1 N–H and O–H groups in total. The van der Waals surface area contributed by atoms with E-state index in [-0.39, 0.29) is 17.5 Å². The van der Waals surface area contributed by atoms with Crippen LogP contribution in [0.25, 0.3) is 10.8 Å². The second-order valence-electron chi connectivity index (χ2n) is 8.71. The Morgan fingerprint density at radius 3 is 2.67 bits per heavy atom. The van der Waals surface area contributed by atoms with E-state index >= 15 is 0 Å². The molecule has 1 atom stereocenters. The highest BCUT2D eigenvalue weighted by molar-refractivity contribution is 6.30. The first-order valence-corrected chi connectivity index (χ1v) is 12.2. The number of carbonyl (C=O) groups excluding carboxylic acids is 1. The number of hydrogen-bond acceptors (Lipinski definition) is 4. The monoisotopic (exact) mass is 466 g/mol. The number of halogens is 1. The molecule has 6 nitrogen and oxygen atoms in total. The van der Waals surface area contributed by atoms with Gasteiger partial charge in [0.25, 0.3) is 5.56 Å². The molecule has 1 fully saturated rings. The highest BCUT2D eigenvalue weighted by atomic mass is 35.5. The van der Waals surface area contributed by atoms with Crippen molar-refractivity contribution in [2.75, 3.05) is 19.6 Å². The lowest BCUT2D eigenvalue weighted by atomic mass is 10.0. The van der Waals surface area contributed by atoms with E-state index in [1.54, 1.807) is 4.68 Å². The second kappa shape index (κ2) is 10.9. The lowest BCUT2D eigenvalue weighted by Crippen LogP contribution is -2.41. The zero-order valence-corrected chi connectivity index (χ0v) is 19.9. The minimum absolute atomic E-state index is 0.0476. The maximum atomic E-state index is 13.3. The predicted octanol–water partition coefficient (Wildman–Crippen LogP) is 4.02. The van der Waals surface area contributed by atoms with Crippen molar-refractivity contribution in [1.29, 1.82) is 0 Å². The van der Waals surface area contributed by atoms with Crippen LogP contribution in [-0.2, 0) is 17.8 Å². The van der Waals surface area contributed by atoms with E-state index < -0.39 is 0 Å². The SMILES string of the molecule is CCCC(=O)NCCN1CCC[C@@H]1Cn1nc(Cc2ccc(Cl)cc2)c2ccccc2c1=O. The van der Waals surface area contributed by atoms with Crippen molar-refractivity contribution in [3.8, 4) is 0 Å². The van der Waals surface area contributed by atoms with Crippen LogP contribution >= 0.6 is 11.6 Å². The van der Waals surface area contributed by atoms with Crippen molar-refractivity contribution in [2.24, 2.45) is 0 Å². The van der Waals surface area contributed by atoms with Gasteiger partial charge in [-0.3, -0.25) is 14.5 Å². The van der Waals surface area contributed by atoms with Gasteiger partial charge in [0, 0.05) is 42.4 Å². The standard InChI is InChI=1S/C26H31ClN4O2/c1-2-6-25(32)28-14-16-30-15-5-7-21(30)18-31-26(33)23-9-4-3-8-22(23)24(29-31)17-19-10-12-20(27)13-11-19/h3-4,8-13,21H,2,5-7,14-18H2,1H3,(H,28,32)/t21-/m1/s1. The Kier molecular flexibility index (Phi) is 7.78. The van der Waals surface area contributed by atoms with Crippen molar-refractivity contribution >= 4 is 28.3 Å². The van der Waals surface area contributed by atoms with Crippen molar-refractivity contribution in [2.45, 2.75) is 51.6 Å². The number of hydrogen-bond donors (Lipinski definition) is 1. The van der Waals surface area contributed by atoms with Crippen LogP contribution in [0.15, 0.2) is 53.3 Å². The highest BCUT2D eigenvalue weighted by Crippen LogP contribution is 2.21. The summed E-state index contributed by atoms with van der Waals surface area (Å²) in [6, 6.07) is 15.7. The Hall–Kier alpha value is -2.70. The molecule has 0 spiro atoms. The predicted molar refractivity (Wildman–Crippen MR) is 133 cm³/mol. The summed E-state index contributed by atoms with van der Waals surface area (Å²) in [6.07, 6.45) is 4.17. The molecular formula is C26H31ClN4O2. The number of likely N-dealkylation sites (tertiary alicyclic amines) is 1. The van der Waals surface area contributed by atoms with E-state index in [1.807, 2.05) is 55.5 Å². The molecule has 0 bridgehead atoms. The number of nitrogens with one attached hydrogen (secondary N) is 1. The molecule has 1 aromatic heterocycles. The zero-order chi connectivity index (χ0) is 23.2. The third-order valence-electron chi connectivity index (χ3n) is 6.31. The molecule has 174 valence electrons. The topological polar surface area (TPSA) is 67.2 Å². The van der Waals surface area contributed by atoms with Crippen LogP contribution < -0.4 is 10.9 Å². The van der Waals surface area contributed by atoms with Gasteiger partial charge in [0.1, 0.15) is 0 Å². The van der Waals surface area contributed by atoms with Crippen molar-refractivity contribution in [3.05, 3.63) is 75.2 Å². The number of carbonyl (C=O) groups is 1. The summed E-state index contributed by atoms with van der Waals surface area (Å²) in [7, 11) is 0. The Morgan fingerprint density at radius 1 is 1.15 bits per heavy atom. The van der Waals surface area contributed by atoms with Gasteiger partial charge >= 0.3 is 0 Å².